The molecule has 0 saturated heterocycles. The van der Waals surface area contributed by atoms with Crippen LogP contribution in [0.3, 0.4) is 0 Å². The van der Waals surface area contributed by atoms with E-state index in [4.69, 9.17) is 0 Å². The van der Waals surface area contributed by atoms with Gasteiger partial charge in [0.2, 0.25) is 5.91 Å². The first-order valence-corrected chi connectivity index (χ1v) is 10.7. The van der Waals surface area contributed by atoms with Gasteiger partial charge in [-0.15, -0.1) is 0 Å². The maximum Gasteiger partial charge on any atom is 0.278 e. The molecule has 0 aliphatic carbocycles. The van der Waals surface area contributed by atoms with Crippen LogP contribution in [0.5, 0.6) is 0 Å². The number of benzene rings is 3. The molecule has 1 unspecified atom stereocenters. The SMILES string of the molecule is CC(C)(C)NC(=O)C(c1ccc(C#N)cc1)n1c(=O)c(-c2ccccc2)nc2ccccc21. The average molecular weight is 437 g/mol. The van der Waals surface area contributed by atoms with Crippen LogP contribution in [-0.4, -0.2) is 21.0 Å². The third-order valence-electron chi connectivity index (χ3n) is 5.20. The number of fused-ring (bicyclic) bond motifs is 1. The molecule has 6 heteroatoms. The summed E-state index contributed by atoms with van der Waals surface area (Å²) in [4.78, 5) is 32.1. The maximum absolute atomic E-state index is 13.9. The number of nitriles is 1. The Labute approximate surface area is 192 Å². The van der Waals surface area contributed by atoms with Crippen LogP contribution in [0.15, 0.2) is 83.7 Å². The molecule has 33 heavy (non-hydrogen) atoms. The molecule has 1 aromatic heterocycles. The van der Waals surface area contributed by atoms with Gasteiger partial charge in [-0.05, 0) is 50.6 Å². The Bertz CT molecular complexity index is 1410. The number of para-hydroxylation sites is 2. The van der Waals surface area contributed by atoms with Gasteiger partial charge in [0, 0.05) is 11.1 Å². The Morgan fingerprint density at radius 3 is 2.24 bits per heavy atom. The number of hydrogen-bond donors (Lipinski definition) is 1. The Kier molecular flexibility index (Phi) is 5.80. The van der Waals surface area contributed by atoms with Crippen LogP contribution in [0, 0.1) is 11.3 Å². The standard InChI is InChI=1S/C27H24N4O2/c1-27(2,3)30-25(32)24(20-15-13-18(17-28)14-16-20)31-22-12-8-7-11-21(22)29-23(26(31)33)19-9-5-4-6-10-19/h4-16,24H,1-3H3,(H,30,32). The van der Waals surface area contributed by atoms with Crippen LogP contribution in [0.2, 0.25) is 0 Å². The highest BCUT2D eigenvalue weighted by Gasteiger charge is 2.29. The number of nitrogens with zero attached hydrogens (tertiary/aromatic N) is 3. The van der Waals surface area contributed by atoms with Crippen molar-refractivity contribution in [1.29, 1.82) is 5.26 Å². The molecule has 0 aliphatic rings. The maximum atomic E-state index is 13.9. The Balaban J connectivity index is 2.03. The third kappa shape index (κ3) is 4.53. The molecule has 1 atom stereocenters. The minimum atomic E-state index is -0.945. The predicted molar refractivity (Wildman–Crippen MR) is 129 cm³/mol. The molecule has 6 nitrogen and oxygen atoms in total. The summed E-state index contributed by atoms with van der Waals surface area (Å²) in [5.74, 6) is -0.315. The lowest BCUT2D eigenvalue weighted by atomic mass is 10.0. The third-order valence-corrected chi connectivity index (χ3v) is 5.20. The molecule has 0 aliphatic heterocycles. The lowest BCUT2D eigenvalue weighted by Gasteiger charge is -2.27. The van der Waals surface area contributed by atoms with E-state index in [1.165, 1.54) is 4.57 Å². The number of rotatable bonds is 4. The molecular formula is C27H24N4O2. The van der Waals surface area contributed by atoms with Crippen LogP contribution in [0.25, 0.3) is 22.3 Å². The first kappa shape index (κ1) is 22.0. The van der Waals surface area contributed by atoms with E-state index in [1.807, 2.05) is 69.3 Å². The fourth-order valence-electron chi connectivity index (χ4n) is 3.79. The summed E-state index contributed by atoms with van der Waals surface area (Å²) in [5.41, 5.74) is 2.33. The van der Waals surface area contributed by atoms with Crippen molar-refractivity contribution < 1.29 is 4.79 Å². The number of amides is 1. The van der Waals surface area contributed by atoms with Crippen molar-refractivity contribution in [2.24, 2.45) is 0 Å². The molecule has 0 radical (unpaired) electrons. The number of nitrogens with one attached hydrogen (secondary N) is 1. The molecule has 0 saturated carbocycles. The molecule has 164 valence electrons. The Morgan fingerprint density at radius 2 is 1.61 bits per heavy atom. The summed E-state index contributed by atoms with van der Waals surface area (Å²) in [6.45, 7) is 5.68. The van der Waals surface area contributed by atoms with Crippen LogP contribution in [0.1, 0.15) is 37.9 Å². The van der Waals surface area contributed by atoms with E-state index in [1.54, 1.807) is 30.3 Å². The summed E-state index contributed by atoms with van der Waals surface area (Å²) in [6.07, 6.45) is 0. The smallest absolute Gasteiger partial charge is 0.278 e. The van der Waals surface area contributed by atoms with Gasteiger partial charge in [0.25, 0.3) is 5.56 Å². The summed E-state index contributed by atoms with van der Waals surface area (Å²) >= 11 is 0. The van der Waals surface area contributed by atoms with E-state index < -0.39 is 11.6 Å². The molecule has 0 bridgehead atoms. The zero-order valence-electron chi connectivity index (χ0n) is 18.7. The highest BCUT2D eigenvalue weighted by molar-refractivity contribution is 5.87. The molecule has 3 aromatic carbocycles. The van der Waals surface area contributed by atoms with E-state index in [-0.39, 0.29) is 17.2 Å². The molecular weight excluding hydrogens is 412 g/mol. The lowest BCUT2D eigenvalue weighted by molar-refractivity contribution is -0.124. The largest absolute Gasteiger partial charge is 0.349 e. The van der Waals surface area contributed by atoms with Gasteiger partial charge in [-0.2, -0.15) is 5.26 Å². The molecule has 1 heterocycles. The fourth-order valence-corrected chi connectivity index (χ4v) is 3.79. The number of carbonyl (C=O) groups is 1. The van der Waals surface area contributed by atoms with E-state index in [0.717, 1.165) is 0 Å². The van der Waals surface area contributed by atoms with Gasteiger partial charge >= 0.3 is 0 Å². The van der Waals surface area contributed by atoms with Crippen molar-refractivity contribution in [2.45, 2.75) is 32.4 Å². The second kappa shape index (κ2) is 8.71. The van der Waals surface area contributed by atoms with Crippen LogP contribution < -0.4 is 10.9 Å². The molecule has 4 rings (SSSR count). The highest BCUT2D eigenvalue weighted by Crippen LogP contribution is 2.25. The van der Waals surface area contributed by atoms with Gasteiger partial charge in [0.1, 0.15) is 11.7 Å². The minimum absolute atomic E-state index is 0.275. The summed E-state index contributed by atoms with van der Waals surface area (Å²) in [7, 11) is 0. The first-order chi connectivity index (χ1) is 15.8. The minimum Gasteiger partial charge on any atom is -0.349 e. The van der Waals surface area contributed by atoms with Gasteiger partial charge in [0.05, 0.1) is 22.7 Å². The summed E-state index contributed by atoms with van der Waals surface area (Å²) in [5, 5.41) is 12.2. The van der Waals surface area contributed by atoms with Crippen molar-refractivity contribution >= 4 is 16.9 Å². The van der Waals surface area contributed by atoms with E-state index >= 15 is 0 Å². The molecule has 1 N–H and O–H groups in total. The predicted octanol–water partition coefficient (Wildman–Crippen LogP) is 4.44. The molecule has 0 spiro atoms. The van der Waals surface area contributed by atoms with Gasteiger partial charge in [-0.1, -0.05) is 54.6 Å². The van der Waals surface area contributed by atoms with Gasteiger partial charge in [-0.3, -0.25) is 14.2 Å². The lowest BCUT2D eigenvalue weighted by Crippen LogP contribution is -2.46. The van der Waals surface area contributed by atoms with Crippen molar-refractivity contribution in [1.82, 2.24) is 14.9 Å². The Morgan fingerprint density at radius 1 is 0.970 bits per heavy atom. The monoisotopic (exact) mass is 436 g/mol. The zero-order valence-corrected chi connectivity index (χ0v) is 18.7. The average Bonchev–Trinajstić information content (AvgIpc) is 2.80. The second-order valence-electron chi connectivity index (χ2n) is 8.87. The van der Waals surface area contributed by atoms with Gasteiger partial charge < -0.3 is 5.32 Å². The van der Waals surface area contributed by atoms with Crippen molar-refractivity contribution in [2.75, 3.05) is 0 Å². The zero-order chi connectivity index (χ0) is 23.6. The number of aromatic nitrogens is 2. The quantitative estimate of drug-likeness (QED) is 0.512. The summed E-state index contributed by atoms with van der Waals surface area (Å²) in [6, 6.07) is 24.4. The first-order valence-electron chi connectivity index (χ1n) is 10.7. The topological polar surface area (TPSA) is 87.8 Å². The van der Waals surface area contributed by atoms with Crippen LogP contribution in [-0.2, 0) is 4.79 Å². The van der Waals surface area contributed by atoms with Gasteiger partial charge in [-0.25, -0.2) is 4.98 Å². The number of hydrogen-bond acceptors (Lipinski definition) is 4. The normalized spacial score (nSPS) is 12.2. The number of carbonyl (C=O) groups excluding carboxylic acids is 1. The second-order valence-corrected chi connectivity index (χ2v) is 8.87. The van der Waals surface area contributed by atoms with Crippen molar-refractivity contribution in [3.05, 3.63) is 100 Å². The van der Waals surface area contributed by atoms with E-state index in [2.05, 4.69) is 16.4 Å². The van der Waals surface area contributed by atoms with Crippen molar-refractivity contribution in [3.63, 3.8) is 0 Å². The van der Waals surface area contributed by atoms with Gasteiger partial charge in [0.15, 0.2) is 0 Å². The van der Waals surface area contributed by atoms with Crippen molar-refractivity contribution in [3.8, 4) is 17.3 Å². The molecule has 0 fully saturated rings. The Hall–Kier alpha value is -4.24. The molecule has 4 aromatic rings. The van der Waals surface area contributed by atoms with Crippen LogP contribution >= 0.6 is 0 Å². The van der Waals surface area contributed by atoms with E-state index in [0.29, 0.717) is 27.7 Å². The van der Waals surface area contributed by atoms with Crippen LogP contribution in [0.4, 0.5) is 0 Å². The molecule has 1 amide bonds. The van der Waals surface area contributed by atoms with E-state index in [9.17, 15) is 14.9 Å². The highest BCUT2D eigenvalue weighted by atomic mass is 16.2. The fraction of sp³-hybridized carbons (Fsp3) is 0.185. The summed E-state index contributed by atoms with van der Waals surface area (Å²) < 4.78 is 1.51.